The van der Waals surface area contributed by atoms with Crippen LogP contribution in [0, 0.1) is 0 Å². The fourth-order valence-corrected chi connectivity index (χ4v) is 2.41. The number of nitrogens with one attached hydrogen (secondary N) is 1. The van der Waals surface area contributed by atoms with Crippen LogP contribution in [0.5, 0.6) is 0 Å². The predicted octanol–water partition coefficient (Wildman–Crippen LogP) is 1.19. The molecular formula is C15H18N2O4. The first-order valence-corrected chi connectivity index (χ1v) is 6.90. The van der Waals surface area contributed by atoms with Crippen LogP contribution in [-0.2, 0) is 16.0 Å². The van der Waals surface area contributed by atoms with Crippen molar-refractivity contribution in [2.45, 2.75) is 26.2 Å². The molecule has 6 heteroatoms. The zero-order chi connectivity index (χ0) is 15.4. The van der Waals surface area contributed by atoms with Gasteiger partial charge in [-0.2, -0.15) is 0 Å². The Balaban J connectivity index is 1.98. The first kappa shape index (κ1) is 15.0. The van der Waals surface area contributed by atoms with Gasteiger partial charge in [0, 0.05) is 37.7 Å². The number of carbonyl (C=O) groups excluding carboxylic acids is 2. The van der Waals surface area contributed by atoms with Crippen LogP contribution in [-0.4, -0.2) is 36.0 Å². The van der Waals surface area contributed by atoms with Crippen LogP contribution < -0.4 is 10.2 Å². The topological polar surface area (TPSA) is 86.7 Å². The monoisotopic (exact) mass is 290 g/mol. The number of carboxylic acids is 1. The third kappa shape index (κ3) is 3.59. The molecule has 0 radical (unpaired) electrons. The molecule has 112 valence electrons. The number of carbonyl (C=O) groups is 3. The van der Waals surface area contributed by atoms with Gasteiger partial charge >= 0.3 is 5.97 Å². The van der Waals surface area contributed by atoms with Crippen molar-refractivity contribution in [1.29, 1.82) is 0 Å². The Morgan fingerprint density at radius 2 is 2.10 bits per heavy atom. The summed E-state index contributed by atoms with van der Waals surface area (Å²) in [7, 11) is 0. The number of hydrogen-bond acceptors (Lipinski definition) is 3. The van der Waals surface area contributed by atoms with E-state index in [4.69, 9.17) is 5.11 Å². The molecule has 1 aromatic rings. The first-order valence-electron chi connectivity index (χ1n) is 6.90. The maximum atomic E-state index is 12.0. The molecular weight excluding hydrogens is 272 g/mol. The lowest BCUT2D eigenvalue weighted by molar-refractivity contribution is -0.137. The molecule has 0 spiro atoms. The smallest absolute Gasteiger partial charge is 0.303 e. The minimum atomic E-state index is -0.869. The normalized spacial score (nSPS) is 12.9. The summed E-state index contributed by atoms with van der Waals surface area (Å²) in [5, 5.41) is 11.2. The van der Waals surface area contributed by atoms with Crippen molar-refractivity contribution in [2.75, 3.05) is 18.0 Å². The number of anilines is 1. The Morgan fingerprint density at radius 3 is 2.76 bits per heavy atom. The Kier molecular flexibility index (Phi) is 4.57. The van der Waals surface area contributed by atoms with Crippen LogP contribution in [0.3, 0.4) is 0 Å². The van der Waals surface area contributed by atoms with E-state index in [9.17, 15) is 14.4 Å². The predicted molar refractivity (Wildman–Crippen MR) is 77.4 cm³/mol. The number of carboxylic acid groups (broad SMARTS) is 1. The zero-order valence-corrected chi connectivity index (χ0v) is 11.9. The summed E-state index contributed by atoms with van der Waals surface area (Å²) in [5.74, 6) is -1.09. The third-order valence-electron chi connectivity index (χ3n) is 3.47. The number of benzene rings is 1. The van der Waals surface area contributed by atoms with Crippen molar-refractivity contribution in [2.24, 2.45) is 0 Å². The van der Waals surface area contributed by atoms with Crippen molar-refractivity contribution < 1.29 is 19.5 Å². The van der Waals surface area contributed by atoms with E-state index in [0.717, 1.165) is 17.7 Å². The van der Waals surface area contributed by atoms with Crippen LogP contribution in [0.2, 0.25) is 0 Å². The van der Waals surface area contributed by atoms with E-state index in [0.29, 0.717) is 25.1 Å². The fraction of sp³-hybridized carbons (Fsp3) is 0.400. The molecule has 21 heavy (non-hydrogen) atoms. The summed E-state index contributed by atoms with van der Waals surface area (Å²) in [4.78, 5) is 35.5. The molecule has 0 atom stereocenters. The molecule has 0 saturated carbocycles. The summed E-state index contributed by atoms with van der Waals surface area (Å²) in [6, 6.07) is 5.27. The van der Waals surface area contributed by atoms with Gasteiger partial charge in [0.1, 0.15) is 0 Å². The van der Waals surface area contributed by atoms with Gasteiger partial charge in [-0.15, -0.1) is 0 Å². The molecule has 0 aliphatic carbocycles. The SMILES string of the molecule is CC(=O)N1CCc2cc(C(=O)NCCCC(=O)O)ccc21. The van der Waals surface area contributed by atoms with E-state index in [1.54, 1.807) is 23.1 Å². The van der Waals surface area contributed by atoms with Crippen LogP contribution in [0.15, 0.2) is 18.2 Å². The van der Waals surface area contributed by atoms with Crippen molar-refractivity contribution >= 4 is 23.5 Å². The summed E-state index contributed by atoms with van der Waals surface area (Å²) in [6.07, 6.45) is 1.19. The van der Waals surface area contributed by atoms with E-state index in [2.05, 4.69) is 5.32 Å². The van der Waals surface area contributed by atoms with E-state index in [1.807, 2.05) is 0 Å². The quantitative estimate of drug-likeness (QED) is 0.797. The highest BCUT2D eigenvalue weighted by Crippen LogP contribution is 2.28. The molecule has 1 aliphatic heterocycles. The zero-order valence-electron chi connectivity index (χ0n) is 11.9. The summed E-state index contributed by atoms with van der Waals surface area (Å²) in [6.45, 7) is 2.51. The number of rotatable bonds is 5. The lowest BCUT2D eigenvalue weighted by Gasteiger charge is -2.14. The molecule has 1 aromatic carbocycles. The standard InChI is InChI=1S/C15H18N2O4/c1-10(18)17-8-6-11-9-12(4-5-13(11)17)15(21)16-7-2-3-14(19)20/h4-5,9H,2-3,6-8H2,1H3,(H,16,21)(H,19,20). The number of hydrogen-bond donors (Lipinski definition) is 2. The van der Waals surface area contributed by atoms with Gasteiger partial charge in [0.05, 0.1) is 0 Å². The highest BCUT2D eigenvalue weighted by Gasteiger charge is 2.22. The van der Waals surface area contributed by atoms with Crippen molar-refractivity contribution in [3.63, 3.8) is 0 Å². The van der Waals surface area contributed by atoms with E-state index < -0.39 is 5.97 Å². The van der Waals surface area contributed by atoms with Crippen LogP contribution in [0.25, 0.3) is 0 Å². The Hall–Kier alpha value is -2.37. The van der Waals surface area contributed by atoms with E-state index in [-0.39, 0.29) is 18.2 Å². The highest BCUT2D eigenvalue weighted by atomic mass is 16.4. The van der Waals surface area contributed by atoms with Gasteiger partial charge in [-0.05, 0) is 36.6 Å². The van der Waals surface area contributed by atoms with Crippen molar-refractivity contribution in [1.82, 2.24) is 5.32 Å². The molecule has 2 amide bonds. The largest absolute Gasteiger partial charge is 0.481 e. The van der Waals surface area contributed by atoms with Gasteiger partial charge < -0.3 is 15.3 Å². The average molecular weight is 290 g/mol. The lowest BCUT2D eigenvalue weighted by Crippen LogP contribution is -2.26. The Morgan fingerprint density at radius 1 is 1.33 bits per heavy atom. The fourth-order valence-electron chi connectivity index (χ4n) is 2.41. The van der Waals surface area contributed by atoms with Crippen molar-refractivity contribution in [3.05, 3.63) is 29.3 Å². The molecule has 0 unspecified atom stereocenters. The van der Waals surface area contributed by atoms with E-state index in [1.165, 1.54) is 6.92 Å². The number of fused-ring (bicyclic) bond motifs is 1. The summed E-state index contributed by atoms with van der Waals surface area (Å²) in [5.41, 5.74) is 2.39. The van der Waals surface area contributed by atoms with Gasteiger partial charge in [0.25, 0.3) is 5.91 Å². The lowest BCUT2D eigenvalue weighted by atomic mass is 10.1. The molecule has 1 aliphatic rings. The Labute approximate surface area is 122 Å². The second-order valence-electron chi connectivity index (χ2n) is 5.02. The van der Waals surface area contributed by atoms with Gasteiger partial charge in [0.15, 0.2) is 0 Å². The molecule has 0 bridgehead atoms. The van der Waals surface area contributed by atoms with Crippen LogP contribution in [0.1, 0.15) is 35.7 Å². The van der Waals surface area contributed by atoms with Gasteiger partial charge in [0.2, 0.25) is 5.91 Å². The van der Waals surface area contributed by atoms with Crippen LogP contribution >= 0.6 is 0 Å². The molecule has 1 heterocycles. The summed E-state index contributed by atoms with van der Waals surface area (Å²) >= 11 is 0. The minimum absolute atomic E-state index is 0.000350. The van der Waals surface area contributed by atoms with Crippen molar-refractivity contribution in [3.8, 4) is 0 Å². The first-order chi connectivity index (χ1) is 9.99. The highest BCUT2D eigenvalue weighted by molar-refractivity contribution is 5.97. The number of aliphatic carboxylic acids is 1. The molecule has 0 saturated heterocycles. The molecule has 0 aromatic heterocycles. The molecule has 2 N–H and O–H groups in total. The molecule has 6 nitrogen and oxygen atoms in total. The Bertz CT molecular complexity index is 583. The van der Waals surface area contributed by atoms with Gasteiger partial charge in [-0.1, -0.05) is 0 Å². The second-order valence-corrected chi connectivity index (χ2v) is 5.02. The third-order valence-corrected chi connectivity index (χ3v) is 3.47. The van der Waals surface area contributed by atoms with Gasteiger partial charge in [-0.25, -0.2) is 0 Å². The maximum Gasteiger partial charge on any atom is 0.303 e. The molecule has 2 rings (SSSR count). The minimum Gasteiger partial charge on any atom is -0.481 e. The maximum absolute atomic E-state index is 12.0. The summed E-state index contributed by atoms with van der Waals surface area (Å²) < 4.78 is 0. The second kappa shape index (κ2) is 6.39. The number of amides is 2. The number of nitrogens with zero attached hydrogens (tertiary/aromatic N) is 1. The van der Waals surface area contributed by atoms with E-state index >= 15 is 0 Å². The average Bonchev–Trinajstić information content (AvgIpc) is 2.86. The molecule has 0 fully saturated rings. The van der Waals surface area contributed by atoms with Crippen LogP contribution in [0.4, 0.5) is 5.69 Å². The van der Waals surface area contributed by atoms with Gasteiger partial charge in [-0.3, -0.25) is 14.4 Å².